The minimum absolute atomic E-state index is 0.929. The highest BCUT2D eigenvalue weighted by atomic mass is 32.1. The highest BCUT2D eigenvalue weighted by molar-refractivity contribution is 7.22. The molecule has 0 saturated carbocycles. The second kappa shape index (κ2) is 5.98. The third kappa shape index (κ3) is 2.80. The molecule has 1 aliphatic heterocycles. The van der Waals surface area contributed by atoms with Gasteiger partial charge in [0.2, 0.25) is 0 Å². The van der Waals surface area contributed by atoms with Gasteiger partial charge in [-0.05, 0) is 18.2 Å². The lowest BCUT2D eigenvalue weighted by atomic mass is 10.3. The zero-order valence-corrected chi connectivity index (χ0v) is 13.0. The van der Waals surface area contributed by atoms with E-state index in [0.29, 0.717) is 0 Å². The molecule has 0 atom stereocenters. The second-order valence-corrected chi connectivity index (χ2v) is 6.43. The Morgan fingerprint density at radius 2 is 1.95 bits per heavy atom. The lowest BCUT2D eigenvalue weighted by Crippen LogP contribution is -2.46. The summed E-state index contributed by atoms with van der Waals surface area (Å²) in [5, 5.41) is 1.11. The van der Waals surface area contributed by atoms with E-state index in [9.17, 15) is 0 Å². The van der Waals surface area contributed by atoms with Crippen LogP contribution >= 0.6 is 11.3 Å². The van der Waals surface area contributed by atoms with Crippen LogP contribution in [0.25, 0.3) is 10.2 Å². The van der Waals surface area contributed by atoms with Crippen LogP contribution < -0.4 is 4.90 Å². The van der Waals surface area contributed by atoms with Gasteiger partial charge < -0.3 is 4.90 Å². The minimum atomic E-state index is 0.929. The van der Waals surface area contributed by atoms with Crippen LogP contribution in [0, 0.1) is 0 Å². The summed E-state index contributed by atoms with van der Waals surface area (Å²) in [6.07, 6.45) is 5.53. The van der Waals surface area contributed by atoms with E-state index in [2.05, 4.69) is 25.8 Å². The monoisotopic (exact) mass is 311 g/mol. The van der Waals surface area contributed by atoms with Crippen LogP contribution in [-0.4, -0.2) is 46.0 Å². The Kier molecular flexibility index (Phi) is 3.70. The van der Waals surface area contributed by atoms with E-state index in [1.165, 1.54) is 4.70 Å². The normalized spacial score (nSPS) is 16.3. The molecule has 1 saturated heterocycles. The first-order valence-electron chi connectivity index (χ1n) is 7.46. The Labute approximate surface area is 133 Å². The van der Waals surface area contributed by atoms with Crippen LogP contribution in [0.2, 0.25) is 0 Å². The fourth-order valence-electron chi connectivity index (χ4n) is 2.72. The van der Waals surface area contributed by atoms with Crippen molar-refractivity contribution in [1.29, 1.82) is 0 Å². The van der Waals surface area contributed by atoms with Gasteiger partial charge in [0.15, 0.2) is 5.13 Å². The SMILES string of the molecule is c1ccc(CN2CCN(c3nc4cnccc4s3)CC2)nc1. The second-order valence-electron chi connectivity index (χ2n) is 5.42. The number of pyridine rings is 2. The van der Waals surface area contributed by atoms with Gasteiger partial charge in [0.05, 0.1) is 16.6 Å². The van der Waals surface area contributed by atoms with Crippen LogP contribution in [0.3, 0.4) is 0 Å². The topological polar surface area (TPSA) is 45.2 Å². The maximum Gasteiger partial charge on any atom is 0.186 e. The highest BCUT2D eigenvalue weighted by Crippen LogP contribution is 2.28. The highest BCUT2D eigenvalue weighted by Gasteiger charge is 2.20. The Bertz CT molecular complexity index is 716. The number of hydrogen-bond acceptors (Lipinski definition) is 6. The lowest BCUT2D eigenvalue weighted by Gasteiger charge is -2.34. The van der Waals surface area contributed by atoms with Gasteiger partial charge in [-0.3, -0.25) is 14.9 Å². The average molecular weight is 311 g/mol. The number of thiazole rings is 1. The molecule has 112 valence electrons. The summed E-state index contributed by atoms with van der Waals surface area (Å²) in [5.41, 5.74) is 2.14. The molecule has 0 radical (unpaired) electrons. The smallest absolute Gasteiger partial charge is 0.186 e. The van der Waals surface area contributed by atoms with Crippen LogP contribution in [0.1, 0.15) is 5.69 Å². The standard InChI is InChI=1S/C16H17N5S/c1-2-5-18-13(3-1)12-20-7-9-21(10-8-20)16-19-14-11-17-6-4-15(14)22-16/h1-6,11H,7-10,12H2. The maximum atomic E-state index is 4.70. The number of piperazine rings is 1. The van der Waals surface area contributed by atoms with Crippen LogP contribution in [0.4, 0.5) is 5.13 Å². The summed E-state index contributed by atoms with van der Waals surface area (Å²) in [6, 6.07) is 8.14. The van der Waals surface area contributed by atoms with Crippen molar-refractivity contribution in [2.45, 2.75) is 6.54 Å². The molecule has 4 heterocycles. The van der Waals surface area contributed by atoms with Gasteiger partial charge in [-0.15, -0.1) is 0 Å². The minimum Gasteiger partial charge on any atom is -0.345 e. The first-order chi connectivity index (χ1) is 10.9. The van der Waals surface area contributed by atoms with Crippen LogP contribution in [0.5, 0.6) is 0 Å². The summed E-state index contributed by atoms with van der Waals surface area (Å²) >= 11 is 1.75. The summed E-state index contributed by atoms with van der Waals surface area (Å²) in [4.78, 5) is 18.1. The van der Waals surface area contributed by atoms with Gasteiger partial charge >= 0.3 is 0 Å². The Morgan fingerprint density at radius 3 is 2.73 bits per heavy atom. The van der Waals surface area contributed by atoms with E-state index in [1.807, 2.05) is 36.8 Å². The number of rotatable bonds is 3. The van der Waals surface area contributed by atoms with Crippen molar-refractivity contribution < 1.29 is 0 Å². The fourth-order valence-corrected chi connectivity index (χ4v) is 3.71. The van der Waals surface area contributed by atoms with Gasteiger partial charge in [0.25, 0.3) is 0 Å². The van der Waals surface area contributed by atoms with E-state index in [0.717, 1.165) is 49.1 Å². The predicted octanol–water partition coefficient (Wildman–Crippen LogP) is 2.41. The zero-order chi connectivity index (χ0) is 14.8. The number of anilines is 1. The number of fused-ring (bicyclic) bond motifs is 1. The van der Waals surface area contributed by atoms with E-state index >= 15 is 0 Å². The first-order valence-corrected chi connectivity index (χ1v) is 8.28. The van der Waals surface area contributed by atoms with Crippen molar-refractivity contribution in [3.8, 4) is 0 Å². The summed E-state index contributed by atoms with van der Waals surface area (Å²) in [6.45, 7) is 5.05. The van der Waals surface area contributed by atoms with Crippen molar-refractivity contribution in [2.75, 3.05) is 31.1 Å². The molecule has 0 aliphatic carbocycles. The molecule has 0 N–H and O–H groups in total. The predicted molar refractivity (Wildman–Crippen MR) is 89.1 cm³/mol. The van der Waals surface area contributed by atoms with Crippen molar-refractivity contribution in [2.24, 2.45) is 0 Å². The summed E-state index contributed by atoms with van der Waals surface area (Å²) in [7, 11) is 0. The molecule has 6 heteroatoms. The molecule has 1 aliphatic rings. The van der Waals surface area contributed by atoms with Gasteiger partial charge in [0, 0.05) is 45.1 Å². The summed E-state index contributed by atoms with van der Waals surface area (Å²) < 4.78 is 1.21. The molecule has 0 aromatic carbocycles. The molecular formula is C16H17N5S. The number of hydrogen-bond donors (Lipinski definition) is 0. The molecule has 0 amide bonds. The van der Waals surface area contributed by atoms with E-state index < -0.39 is 0 Å². The van der Waals surface area contributed by atoms with E-state index in [1.54, 1.807) is 11.3 Å². The largest absolute Gasteiger partial charge is 0.345 e. The van der Waals surface area contributed by atoms with Crippen molar-refractivity contribution >= 4 is 26.7 Å². The van der Waals surface area contributed by atoms with Gasteiger partial charge in [-0.25, -0.2) is 4.98 Å². The van der Waals surface area contributed by atoms with Gasteiger partial charge in [-0.2, -0.15) is 0 Å². The Morgan fingerprint density at radius 1 is 1.05 bits per heavy atom. The van der Waals surface area contributed by atoms with Crippen molar-refractivity contribution in [3.63, 3.8) is 0 Å². The molecule has 5 nitrogen and oxygen atoms in total. The maximum absolute atomic E-state index is 4.70. The van der Waals surface area contributed by atoms with Crippen LogP contribution in [0.15, 0.2) is 42.9 Å². The average Bonchev–Trinajstić information content (AvgIpc) is 3.00. The molecule has 0 unspecified atom stereocenters. The zero-order valence-electron chi connectivity index (χ0n) is 12.2. The molecule has 0 spiro atoms. The molecule has 1 fully saturated rings. The number of aromatic nitrogens is 3. The summed E-state index contributed by atoms with van der Waals surface area (Å²) in [5.74, 6) is 0. The molecule has 3 aromatic rings. The number of nitrogens with zero attached hydrogens (tertiary/aromatic N) is 5. The van der Waals surface area contributed by atoms with Crippen molar-refractivity contribution in [1.82, 2.24) is 19.9 Å². The molecular weight excluding hydrogens is 294 g/mol. The Balaban J connectivity index is 1.41. The molecule has 4 rings (SSSR count). The van der Waals surface area contributed by atoms with Crippen LogP contribution in [-0.2, 0) is 6.54 Å². The third-order valence-electron chi connectivity index (χ3n) is 3.93. The quantitative estimate of drug-likeness (QED) is 0.743. The molecule has 3 aromatic heterocycles. The lowest BCUT2D eigenvalue weighted by molar-refractivity contribution is 0.247. The van der Waals surface area contributed by atoms with E-state index in [4.69, 9.17) is 4.98 Å². The van der Waals surface area contributed by atoms with Gasteiger partial charge in [-0.1, -0.05) is 17.4 Å². The van der Waals surface area contributed by atoms with Crippen molar-refractivity contribution in [3.05, 3.63) is 48.5 Å². The van der Waals surface area contributed by atoms with E-state index in [-0.39, 0.29) is 0 Å². The first kappa shape index (κ1) is 13.6. The fraction of sp³-hybridized carbons (Fsp3) is 0.312. The third-order valence-corrected chi connectivity index (χ3v) is 5.03. The Hall–Kier alpha value is -2.05. The van der Waals surface area contributed by atoms with Gasteiger partial charge in [0.1, 0.15) is 5.52 Å². The molecule has 22 heavy (non-hydrogen) atoms. The molecule has 0 bridgehead atoms.